The maximum absolute atomic E-state index is 11.1. The van der Waals surface area contributed by atoms with Crippen molar-refractivity contribution in [1.82, 2.24) is 9.61 Å². The highest BCUT2D eigenvalue weighted by Gasteiger charge is 2.16. The summed E-state index contributed by atoms with van der Waals surface area (Å²) in [6.45, 7) is 1.95. The largest absolute Gasteiger partial charge is 0.273 e. The normalized spacial score (nSPS) is 10.6. The van der Waals surface area contributed by atoms with Gasteiger partial charge in [0.25, 0.3) is 5.69 Å². The second-order valence-corrected chi connectivity index (χ2v) is 5.96. The summed E-state index contributed by atoms with van der Waals surface area (Å²) in [5, 5.41) is 25.5. The lowest BCUT2D eigenvalue weighted by molar-refractivity contribution is -0.385. The Morgan fingerprint density at radius 2 is 2.17 bits per heavy atom. The van der Waals surface area contributed by atoms with Gasteiger partial charge in [-0.05, 0) is 24.6 Å². The fourth-order valence-electron chi connectivity index (χ4n) is 2.29. The number of pyridine rings is 1. The van der Waals surface area contributed by atoms with Crippen molar-refractivity contribution in [3.63, 3.8) is 0 Å². The molecule has 7 heteroatoms. The summed E-state index contributed by atoms with van der Waals surface area (Å²) < 4.78 is 1.66. The van der Waals surface area contributed by atoms with Crippen molar-refractivity contribution < 1.29 is 4.92 Å². The maximum atomic E-state index is 11.1. The van der Waals surface area contributed by atoms with E-state index in [2.05, 4.69) is 11.2 Å². The number of hydrogen-bond acceptors (Lipinski definition) is 5. The van der Waals surface area contributed by atoms with Gasteiger partial charge in [0, 0.05) is 23.6 Å². The van der Waals surface area contributed by atoms with Crippen LogP contribution in [0.2, 0.25) is 0 Å². The predicted octanol–water partition coefficient (Wildman–Crippen LogP) is 3.71. The molecule has 0 fully saturated rings. The predicted molar refractivity (Wildman–Crippen MR) is 87.3 cm³/mol. The quantitative estimate of drug-likeness (QED) is 0.415. The first kappa shape index (κ1) is 15.1. The Balaban J connectivity index is 1.94. The Kier molecular flexibility index (Phi) is 4.00. The molecule has 6 nitrogen and oxygen atoms in total. The van der Waals surface area contributed by atoms with E-state index in [1.54, 1.807) is 28.9 Å². The Hall–Kier alpha value is -2.85. The summed E-state index contributed by atoms with van der Waals surface area (Å²) in [6.07, 6.45) is 1.81. The second kappa shape index (κ2) is 6.10. The van der Waals surface area contributed by atoms with E-state index in [1.165, 1.54) is 17.8 Å². The van der Waals surface area contributed by atoms with Gasteiger partial charge in [0.15, 0.2) is 0 Å². The molecule has 0 spiro atoms. The number of benzene rings is 1. The Morgan fingerprint density at radius 3 is 2.91 bits per heavy atom. The number of thioether (sulfide) groups is 1. The van der Waals surface area contributed by atoms with Gasteiger partial charge in [-0.3, -0.25) is 10.1 Å². The average molecular weight is 324 g/mol. The maximum Gasteiger partial charge on any atom is 0.273 e. The van der Waals surface area contributed by atoms with Gasteiger partial charge in [0.05, 0.1) is 10.4 Å². The van der Waals surface area contributed by atoms with Crippen molar-refractivity contribution in [2.45, 2.75) is 17.7 Å². The molecule has 2 heterocycles. The molecule has 114 valence electrons. The summed E-state index contributed by atoms with van der Waals surface area (Å²) in [4.78, 5) is 10.7. The average Bonchev–Trinajstić information content (AvgIpc) is 2.89. The van der Waals surface area contributed by atoms with Crippen LogP contribution >= 0.6 is 11.8 Å². The fraction of sp³-hybridized carbons (Fsp3) is 0.125. The molecular weight excluding hydrogens is 312 g/mol. The molecule has 0 saturated heterocycles. The first-order valence-electron chi connectivity index (χ1n) is 6.84. The zero-order valence-electron chi connectivity index (χ0n) is 12.3. The lowest BCUT2D eigenvalue weighted by Crippen LogP contribution is -1.93. The van der Waals surface area contributed by atoms with E-state index in [-0.39, 0.29) is 5.69 Å². The number of aromatic nitrogens is 2. The van der Waals surface area contributed by atoms with Crippen molar-refractivity contribution >= 4 is 23.0 Å². The highest BCUT2D eigenvalue weighted by Crippen LogP contribution is 2.30. The molecule has 0 aliphatic rings. The highest BCUT2D eigenvalue weighted by molar-refractivity contribution is 7.98. The molecule has 2 aromatic heterocycles. The van der Waals surface area contributed by atoms with Gasteiger partial charge in [0.2, 0.25) is 0 Å². The monoisotopic (exact) mass is 324 g/mol. The molecule has 23 heavy (non-hydrogen) atoms. The van der Waals surface area contributed by atoms with Crippen LogP contribution in [-0.2, 0) is 5.75 Å². The van der Waals surface area contributed by atoms with Gasteiger partial charge in [-0.2, -0.15) is 10.4 Å². The number of para-hydroxylation sites is 1. The number of aryl methyl sites for hydroxylation is 1. The van der Waals surface area contributed by atoms with Crippen LogP contribution in [0.25, 0.3) is 5.52 Å². The van der Waals surface area contributed by atoms with Gasteiger partial charge in [-0.1, -0.05) is 30.0 Å². The van der Waals surface area contributed by atoms with Crippen LogP contribution in [0.1, 0.15) is 16.7 Å². The van der Waals surface area contributed by atoms with E-state index < -0.39 is 4.92 Å². The van der Waals surface area contributed by atoms with Gasteiger partial charge in [0.1, 0.15) is 16.7 Å². The molecule has 0 aliphatic heterocycles. The van der Waals surface area contributed by atoms with E-state index in [1.807, 2.05) is 19.1 Å². The fourth-order valence-corrected chi connectivity index (χ4v) is 3.27. The Bertz CT molecular complexity index is 943. The van der Waals surface area contributed by atoms with E-state index in [0.29, 0.717) is 21.9 Å². The van der Waals surface area contributed by atoms with Crippen LogP contribution < -0.4 is 0 Å². The van der Waals surface area contributed by atoms with Crippen LogP contribution in [-0.4, -0.2) is 14.5 Å². The summed E-state index contributed by atoms with van der Waals surface area (Å²) in [6, 6.07) is 12.6. The number of nitro groups is 1. The number of nitro benzene ring substituents is 1. The SMILES string of the molecule is Cc1ccn2nc(SCc3ccccc3[N+](=O)[O-])c(C#N)c2c1. The molecule has 3 rings (SSSR count). The van der Waals surface area contributed by atoms with E-state index in [4.69, 9.17) is 0 Å². The van der Waals surface area contributed by atoms with Crippen molar-refractivity contribution in [2.24, 2.45) is 0 Å². The minimum atomic E-state index is -0.395. The van der Waals surface area contributed by atoms with Crippen LogP contribution in [0.5, 0.6) is 0 Å². The van der Waals surface area contributed by atoms with Crippen molar-refractivity contribution in [1.29, 1.82) is 5.26 Å². The molecule has 3 aromatic rings. The molecule has 0 unspecified atom stereocenters. The van der Waals surface area contributed by atoms with Crippen LogP contribution in [0.15, 0.2) is 47.6 Å². The summed E-state index contributed by atoms with van der Waals surface area (Å²) in [7, 11) is 0. The molecule has 0 radical (unpaired) electrons. The molecule has 0 aliphatic carbocycles. The van der Waals surface area contributed by atoms with Gasteiger partial charge in [-0.15, -0.1) is 0 Å². The number of fused-ring (bicyclic) bond motifs is 1. The van der Waals surface area contributed by atoms with Gasteiger partial charge >= 0.3 is 0 Å². The number of nitriles is 1. The molecule has 0 atom stereocenters. The summed E-state index contributed by atoms with van der Waals surface area (Å²) in [5.41, 5.74) is 2.98. The summed E-state index contributed by atoms with van der Waals surface area (Å²) >= 11 is 1.33. The first-order chi connectivity index (χ1) is 11.1. The molecular formula is C16H12N4O2S. The lowest BCUT2D eigenvalue weighted by atomic mass is 10.2. The smallest absolute Gasteiger partial charge is 0.258 e. The van der Waals surface area contributed by atoms with Crippen LogP contribution in [0.3, 0.4) is 0 Å². The molecule has 1 aromatic carbocycles. The van der Waals surface area contributed by atoms with E-state index in [9.17, 15) is 15.4 Å². The highest BCUT2D eigenvalue weighted by atomic mass is 32.2. The Labute approximate surface area is 136 Å². The van der Waals surface area contributed by atoms with Crippen molar-refractivity contribution in [3.05, 3.63) is 69.4 Å². The lowest BCUT2D eigenvalue weighted by Gasteiger charge is -2.01. The minimum Gasteiger partial charge on any atom is -0.258 e. The van der Waals surface area contributed by atoms with E-state index in [0.717, 1.165) is 11.1 Å². The molecule has 0 saturated carbocycles. The zero-order valence-corrected chi connectivity index (χ0v) is 13.1. The van der Waals surface area contributed by atoms with Crippen LogP contribution in [0.4, 0.5) is 5.69 Å². The minimum absolute atomic E-state index is 0.0816. The van der Waals surface area contributed by atoms with E-state index >= 15 is 0 Å². The number of hydrogen-bond donors (Lipinski definition) is 0. The van der Waals surface area contributed by atoms with Crippen LogP contribution in [0, 0.1) is 28.4 Å². The zero-order chi connectivity index (χ0) is 16.4. The van der Waals surface area contributed by atoms with Crippen molar-refractivity contribution in [3.8, 4) is 6.07 Å². The third-order valence-electron chi connectivity index (χ3n) is 3.42. The Morgan fingerprint density at radius 1 is 1.39 bits per heavy atom. The third kappa shape index (κ3) is 2.89. The molecule has 0 amide bonds. The van der Waals surface area contributed by atoms with Crippen molar-refractivity contribution in [2.75, 3.05) is 0 Å². The summed E-state index contributed by atoms with van der Waals surface area (Å²) in [5.74, 6) is 0.384. The number of rotatable bonds is 4. The topological polar surface area (TPSA) is 84.2 Å². The molecule has 0 N–H and O–H groups in total. The molecule has 0 bridgehead atoms. The third-order valence-corrected chi connectivity index (χ3v) is 4.44. The second-order valence-electron chi connectivity index (χ2n) is 5.00. The van der Waals surface area contributed by atoms with Gasteiger partial charge < -0.3 is 0 Å². The first-order valence-corrected chi connectivity index (χ1v) is 7.83. The number of nitrogens with zero attached hydrogens (tertiary/aromatic N) is 4. The van der Waals surface area contributed by atoms with Gasteiger partial charge in [-0.25, -0.2) is 4.52 Å². The standard InChI is InChI=1S/C16H12N4O2S/c1-11-6-7-19-15(8-11)13(9-17)16(18-19)23-10-12-4-2-3-5-14(12)20(21)22/h2-8H,10H2,1H3.